The first-order valence-corrected chi connectivity index (χ1v) is 9.36. The number of hydrogen-bond donors (Lipinski definition) is 1. The maximum Gasteiger partial charge on any atom is 0.255 e. The van der Waals surface area contributed by atoms with Gasteiger partial charge in [-0.2, -0.15) is 0 Å². The second-order valence-electron chi connectivity index (χ2n) is 4.91. The molecule has 1 N–H and O–H groups in total. The normalized spacial score (nSPS) is 11.3. The van der Waals surface area contributed by atoms with Crippen molar-refractivity contribution in [1.82, 2.24) is 0 Å². The van der Waals surface area contributed by atoms with Crippen molar-refractivity contribution >= 4 is 37.4 Å². The summed E-state index contributed by atoms with van der Waals surface area (Å²) in [7, 11) is -2.04. The van der Waals surface area contributed by atoms with Crippen LogP contribution in [0, 0.1) is 5.82 Å². The van der Waals surface area contributed by atoms with Gasteiger partial charge in [-0.25, -0.2) is 12.8 Å². The van der Waals surface area contributed by atoms with Gasteiger partial charge in [0, 0.05) is 17.1 Å². The van der Waals surface area contributed by atoms with Crippen molar-refractivity contribution < 1.29 is 22.3 Å². The highest BCUT2D eigenvalue weighted by Gasteiger charge is 2.15. The first-order valence-electron chi connectivity index (χ1n) is 6.91. The van der Waals surface area contributed by atoms with Crippen LogP contribution in [0.4, 0.5) is 10.1 Å². The van der Waals surface area contributed by atoms with Gasteiger partial charge in [-0.05, 0) is 42.5 Å². The number of rotatable bonds is 6. The Kier molecular flexibility index (Phi) is 6.09. The number of ether oxygens (including phenoxy) is 1. The van der Waals surface area contributed by atoms with Gasteiger partial charge in [0.1, 0.15) is 5.82 Å². The zero-order chi connectivity index (χ0) is 17.7. The van der Waals surface area contributed by atoms with Gasteiger partial charge in [0.2, 0.25) is 0 Å². The van der Waals surface area contributed by atoms with E-state index in [0.717, 1.165) is 0 Å². The molecule has 0 bridgehead atoms. The van der Waals surface area contributed by atoms with E-state index in [0.29, 0.717) is 4.47 Å². The van der Waals surface area contributed by atoms with Crippen molar-refractivity contribution in [3.63, 3.8) is 0 Å². The lowest BCUT2D eigenvalue weighted by Crippen LogP contribution is -2.14. The van der Waals surface area contributed by atoms with E-state index < -0.39 is 21.6 Å². The van der Waals surface area contributed by atoms with Gasteiger partial charge in [-0.15, -0.1) is 0 Å². The maximum absolute atomic E-state index is 13.7. The monoisotopic (exact) mass is 415 g/mol. The Balaban J connectivity index is 2.14. The van der Waals surface area contributed by atoms with E-state index in [2.05, 4.69) is 21.2 Å². The molecule has 0 saturated carbocycles. The van der Waals surface area contributed by atoms with Crippen molar-refractivity contribution in [3.8, 4) is 0 Å². The highest BCUT2D eigenvalue weighted by Crippen LogP contribution is 2.20. The van der Waals surface area contributed by atoms with Crippen LogP contribution in [0.2, 0.25) is 0 Å². The number of amides is 1. The Hall–Kier alpha value is -1.77. The Morgan fingerprint density at radius 3 is 2.46 bits per heavy atom. The van der Waals surface area contributed by atoms with Gasteiger partial charge in [0.15, 0.2) is 9.84 Å². The third kappa shape index (κ3) is 4.62. The van der Waals surface area contributed by atoms with E-state index >= 15 is 0 Å². The molecule has 0 aliphatic heterocycles. The third-order valence-electron chi connectivity index (χ3n) is 3.21. The average Bonchev–Trinajstić information content (AvgIpc) is 2.55. The lowest BCUT2D eigenvalue weighted by atomic mass is 10.2. The molecular formula is C16H15BrFNO4S. The number of halogens is 2. The third-order valence-corrected chi connectivity index (χ3v) is 5.40. The molecule has 2 rings (SSSR count). The van der Waals surface area contributed by atoms with Gasteiger partial charge in [0.05, 0.1) is 22.9 Å². The Bertz CT molecular complexity index is 838. The Morgan fingerprint density at radius 1 is 1.21 bits per heavy atom. The van der Waals surface area contributed by atoms with Crippen molar-refractivity contribution in [2.75, 3.05) is 24.8 Å². The topological polar surface area (TPSA) is 72.5 Å². The first-order chi connectivity index (χ1) is 11.3. The maximum atomic E-state index is 13.7. The van der Waals surface area contributed by atoms with Crippen LogP contribution in [0.25, 0.3) is 0 Å². The number of carbonyl (C=O) groups excluding carboxylic acids is 1. The van der Waals surface area contributed by atoms with Gasteiger partial charge >= 0.3 is 0 Å². The summed E-state index contributed by atoms with van der Waals surface area (Å²) in [6.45, 7) is 0.0907. The molecule has 2 aromatic rings. The first kappa shape index (κ1) is 18.6. The van der Waals surface area contributed by atoms with Crippen LogP contribution in [0.15, 0.2) is 51.8 Å². The summed E-state index contributed by atoms with van der Waals surface area (Å²) in [5.74, 6) is -1.24. The molecule has 0 fully saturated rings. The Morgan fingerprint density at radius 2 is 1.88 bits per heavy atom. The van der Waals surface area contributed by atoms with Crippen LogP contribution in [0.1, 0.15) is 10.4 Å². The molecule has 2 aromatic carbocycles. The quantitative estimate of drug-likeness (QED) is 0.785. The van der Waals surface area contributed by atoms with Gasteiger partial charge in [0.25, 0.3) is 5.91 Å². The fourth-order valence-corrected chi connectivity index (χ4v) is 3.42. The second kappa shape index (κ2) is 7.87. The number of anilines is 1. The van der Waals surface area contributed by atoms with Crippen molar-refractivity contribution in [2.24, 2.45) is 0 Å². The van der Waals surface area contributed by atoms with Gasteiger partial charge < -0.3 is 10.1 Å². The molecule has 5 nitrogen and oxygen atoms in total. The van der Waals surface area contributed by atoms with E-state index in [4.69, 9.17) is 4.74 Å². The van der Waals surface area contributed by atoms with Crippen LogP contribution in [0.3, 0.4) is 0 Å². The van der Waals surface area contributed by atoms with E-state index in [9.17, 15) is 17.6 Å². The summed E-state index contributed by atoms with van der Waals surface area (Å²) >= 11 is 3.13. The van der Waals surface area contributed by atoms with Crippen molar-refractivity contribution in [1.29, 1.82) is 0 Å². The zero-order valence-corrected chi connectivity index (χ0v) is 15.2. The minimum Gasteiger partial charge on any atom is -0.384 e. The largest absolute Gasteiger partial charge is 0.384 e. The molecule has 0 unspecified atom stereocenters. The molecule has 8 heteroatoms. The highest BCUT2D eigenvalue weighted by atomic mass is 79.9. The van der Waals surface area contributed by atoms with E-state index in [1.807, 2.05) is 0 Å². The molecule has 0 saturated heterocycles. The summed E-state index contributed by atoms with van der Waals surface area (Å²) in [4.78, 5) is 12.2. The number of benzene rings is 2. The minimum absolute atomic E-state index is 0.0417. The predicted molar refractivity (Wildman–Crippen MR) is 92.4 cm³/mol. The molecule has 0 atom stereocenters. The second-order valence-corrected chi connectivity index (χ2v) is 7.94. The molecule has 0 heterocycles. The fraction of sp³-hybridized carbons (Fsp3) is 0.188. The number of sulfone groups is 1. The highest BCUT2D eigenvalue weighted by molar-refractivity contribution is 9.10. The lowest BCUT2D eigenvalue weighted by molar-refractivity contribution is 0.102. The summed E-state index contributed by atoms with van der Waals surface area (Å²) in [5, 5.41) is 2.44. The SMILES string of the molecule is COCCS(=O)(=O)c1ccc(C(=O)Nc2ccc(Br)cc2F)cc1. The van der Waals surface area contributed by atoms with Gasteiger partial charge in [-0.3, -0.25) is 4.79 Å². The van der Waals surface area contributed by atoms with Crippen molar-refractivity contribution in [3.05, 3.63) is 58.3 Å². The summed E-state index contributed by atoms with van der Waals surface area (Å²) in [6.07, 6.45) is 0. The number of methoxy groups -OCH3 is 1. The molecule has 24 heavy (non-hydrogen) atoms. The molecule has 0 aliphatic carbocycles. The average molecular weight is 416 g/mol. The zero-order valence-electron chi connectivity index (χ0n) is 12.8. The minimum atomic E-state index is -3.46. The van der Waals surface area contributed by atoms with Crippen LogP contribution < -0.4 is 5.32 Å². The van der Waals surface area contributed by atoms with Crippen LogP contribution in [0.5, 0.6) is 0 Å². The van der Waals surface area contributed by atoms with Crippen molar-refractivity contribution in [2.45, 2.75) is 4.90 Å². The summed E-state index contributed by atoms with van der Waals surface area (Å²) < 4.78 is 43.1. The molecule has 0 spiro atoms. The standard InChI is InChI=1S/C16H15BrFNO4S/c1-23-8-9-24(21,22)13-5-2-11(3-6-13)16(20)19-15-7-4-12(17)10-14(15)18/h2-7,10H,8-9H2,1H3,(H,19,20). The molecule has 0 radical (unpaired) electrons. The molecular weight excluding hydrogens is 401 g/mol. The van der Waals surface area contributed by atoms with Gasteiger partial charge in [-0.1, -0.05) is 15.9 Å². The van der Waals surface area contributed by atoms with E-state index in [-0.39, 0.29) is 28.5 Å². The Labute approximate surface area is 147 Å². The summed E-state index contributed by atoms with van der Waals surface area (Å²) in [6, 6.07) is 9.72. The van der Waals surface area contributed by atoms with E-state index in [1.54, 1.807) is 6.07 Å². The van der Waals surface area contributed by atoms with Crippen LogP contribution in [-0.2, 0) is 14.6 Å². The molecule has 1 amide bonds. The number of nitrogens with one attached hydrogen (secondary N) is 1. The fourth-order valence-electron chi connectivity index (χ4n) is 1.91. The molecule has 128 valence electrons. The van der Waals surface area contributed by atoms with Crippen LogP contribution >= 0.6 is 15.9 Å². The molecule has 0 aliphatic rings. The predicted octanol–water partition coefficient (Wildman–Crippen LogP) is 3.26. The number of hydrogen-bond acceptors (Lipinski definition) is 4. The van der Waals surface area contributed by atoms with E-state index in [1.165, 1.54) is 43.5 Å². The summed E-state index contributed by atoms with van der Waals surface area (Å²) in [5.41, 5.74) is 0.267. The smallest absolute Gasteiger partial charge is 0.255 e. The number of carbonyl (C=O) groups is 1. The lowest BCUT2D eigenvalue weighted by Gasteiger charge is -2.08. The molecule has 0 aromatic heterocycles. The van der Waals surface area contributed by atoms with Crippen LogP contribution in [-0.4, -0.2) is 33.8 Å².